The number of H-pyrrole nitrogens is 1. The molecule has 1 amide bonds. The molecule has 1 aromatic heterocycles. The minimum absolute atomic E-state index is 0.125. The number of amides is 1. The smallest absolute Gasteiger partial charge is 0.223 e. The molecule has 0 unspecified atom stereocenters. The number of aromatic amines is 1. The zero-order valence-electron chi connectivity index (χ0n) is 13.0. The van der Waals surface area contributed by atoms with Crippen molar-refractivity contribution in [2.45, 2.75) is 38.5 Å². The molecule has 0 bridgehead atoms. The van der Waals surface area contributed by atoms with Crippen molar-refractivity contribution in [1.82, 2.24) is 20.5 Å². The third-order valence-electron chi connectivity index (χ3n) is 4.28. The van der Waals surface area contributed by atoms with Gasteiger partial charge in [0.2, 0.25) is 5.91 Å². The summed E-state index contributed by atoms with van der Waals surface area (Å²) >= 11 is 0. The first kappa shape index (κ1) is 14.8. The number of carbonyl (C=O) groups excluding carboxylic acids is 1. The molecule has 2 N–H and O–H groups in total. The standard InChI is InChI=1S/C17H22N4O/c1-11(2)12-3-5-13(6-4-12)14-9-15(14)17(22)18-8-7-16-19-10-20-21-16/h3-6,10-11,14-15H,7-9H2,1-2H3,(H,18,22)(H,19,20,21)/t14-,15+/m0/s1. The molecule has 0 aliphatic heterocycles. The first-order valence-electron chi connectivity index (χ1n) is 7.87. The molecule has 2 aromatic rings. The van der Waals surface area contributed by atoms with Crippen LogP contribution in [-0.2, 0) is 11.2 Å². The summed E-state index contributed by atoms with van der Waals surface area (Å²) in [6.07, 6.45) is 3.12. The third kappa shape index (κ3) is 3.35. The lowest BCUT2D eigenvalue weighted by molar-refractivity contribution is -0.122. The Morgan fingerprint density at radius 3 is 2.77 bits per heavy atom. The SMILES string of the molecule is CC(C)c1ccc([C@@H]2C[C@H]2C(=O)NCCc2ncn[nH]2)cc1. The van der Waals surface area contributed by atoms with E-state index in [1.54, 1.807) is 0 Å². The van der Waals surface area contributed by atoms with Crippen molar-refractivity contribution in [3.63, 3.8) is 0 Å². The molecule has 1 heterocycles. The van der Waals surface area contributed by atoms with E-state index < -0.39 is 0 Å². The maximum absolute atomic E-state index is 12.1. The topological polar surface area (TPSA) is 70.7 Å². The Balaban J connectivity index is 1.47. The second-order valence-electron chi connectivity index (χ2n) is 6.24. The predicted molar refractivity (Wildman–Crippen MR) is 84.5 cm³/mol. The van der Waals surface area contributed by atoms with Crippen molar-refractivity contribution in [1.29, 1.82) is 0 Å². The van der Waals surface area contributed by atoms with Gasteiger partial charge in [-0.3, -0.25) is 9.89 Å². The Labute approximate surface area is 130 Å². The molecule has 0 spiro atoms. The fraction of sp³-hybridized carbons (Fsp3) is 0.471. The van der Waals surface area contributed by atoms with E-state index in [2.05, 4.69) is 58.6 Å². The van der Waals surface area contributed by atoms with E-state index in [1.807, 2.05) is 0 Å². The van der Waals surface area contributed by atoms with Gasteiger partial charge in [-0.05, 0) is 29.4 Å². The van der Waals surface area contributed by atoms with Crippen LogP contribution >= 0.6 is 0 Å². The van der Waals surface area contributed by atoms with E-state index >= 15 is 0 Å². The maximum atomic E-state index is 12.1. The van der Waals surface area contributed by atoms with Crippen molar-refractivity contribution >= 4 is 5.91 Å². The second kappa shape index (κ2) is 6.30. The van der Waals surface area contributed by atoms with Crippen LogP contribution in [0.15, 0.2) is 30.6 Å². The molecule has 0 saturated heterocycles. The molecule has 22 heavy (non-hydrogen) atoms. The van der Waals surface area contributed by atoms with E-state index in [1.165, 1.54) is 17.5 Å². The van der Waals surface area contributed by atoms with E-state index in [-0.39, 0.29) is 11.8 Å². The number of carbonyl (C=O) groups is 1. The fourth-order valence-electron chi connectivity index (χ4n) is 2.77. The second-order valence-corrected chi connectivity index (χ2v) is 6.24. The molecule has 1 aromatic carbocycles. The van der Waals surface area contributed by atoms with E-state index in [9.17, 15) is 4.79 Å². The average molecular weight is 298 g/mol. The van der Waals surface area contributed by atoms with Gasteiger partial charge in [-0.15, -0.1) is 0 Å². The molecule has 2 atom stereocenters. The third-order valence-corrected chi connectivity index (χ3v) is 4.28. The van der Waals surface area contributed by atoms with Crippen molar-refractivity contribution in [3.05, 3.63) is 47.5 Å². The molecule has 0 radical (unpaired) electrons. The molecular weight excluding hydrogens is 276 g/mol. The lowest BCUT2D eigenvalue weighted by atomic mass is 10.00. The number of hydrogen-bond acceptors (Lipinski definition) is 3. The number of nitrogens with one attached hydrogen (secondary N) is 2. The van der Waals surface area contributed by atoms with Gasteiger partial charge >= 0.3 is 0 Å². The van der Waals surface area contributed by atoms with E-state index in [0.717, 1.165) is 12.2 Å². The molecule has 1 fully saturated rings. The van der Waals surface area contributed by atoms with Crippen LogP contribution in [-0.4, -0.2) is 27.6 Å². The van der Waals surface area contributed by atoms with Gasteiger partial charge in [-0.1, -0.05) is 38.1 Å². The number of aromatic nitrogens is 3. The van der Waals surface area contributed by atoms with Gasteiger partial charge in [0, 0.05) is 18.9 Å². The minimum atomic E-state index is 0.125. The van der Waals surface area contributed by atoms with Gasteiger partial charge in [0.05, 0.1) is 0 Å². The van der Waals surface area contributed by atoms with Gasteiger partial charge in [-0.2, -0.15) is 5.10 Å². The molecule has 116 valence electrons. The number of nitrogens with zero attached hydrogens (tertiary/aromatic N) is 2. The normalized spacial score (nSPS) is 20.1. The lowest BCUT2D eigenvalue weighted by Gasteiger charge is -2.07. The summed E-state index contributed by atoms with van der Waals surface area (Å²) in [7, 11) is 0. The van der Waals surface area contributed by atoms with Crippen molar-refractivity contribution < 1.29 is 4.79 Å². The van der Waals surface area contributed by atoms with Gasteiger partial charge < -0.3 is 5.32 Å². The number of rotatable bonds is 6. The summed E-state index contributed by atoms with van der Waals surface area (Å²) in [4.78, 5) is 16.2. The summed E-state index contributed by atoms with van der Waals surface area (Å²) in [5, 5.41) is 9.57. The molecule has 5 nitrogen and oxygen atoms in total. The van der Waals surface area contributed by atoms with Crippen molar-refractivity contribution in [2.75, 3.05) is 6.54 Å². The highest BCUT2D eigenvalue weighted by molar-refractivity contribution is 5.82. The van der Waals surface area contributed by atoms with Crippen molar-refractivity contribution in [2.24, 2.45) is 5.92 Å². The Bertz CT molecular complexity index is 619. The van der Waals surface area contributed by atoms with Gasteiger partial charge in [0.15, 0.2) is 0 Å². The van der Waals surface area contributed by atoms with Crippen LogP contribution in [0.25, 0.3) is 0 Å². The Kier molecular flexibility index (Phi) is 4.22. The number of hydrogen-bond donors (Lipinski definition) is 2. The molecule has 3 rings (SSSR count). The van der Waals surface area contributed by atoms with Crippen LogP contribution in [0.4, 0.5) is 0 Å². The Morgan fingerprint density at radius 1 is 1.36 bits per heavy atom. The largest absolute Gasteiger partial charge is 0.355 e. The van der Waals surface area contributed by atoms with Gasteiger partial charge in [0.1, 0.15) is 12.2 Å². The van der Waals surface area contributed by atoms with Crippen LogP contribution in [0.2, 0.25) is 0 Å². The molecular formula is C17H22N4O. The zero-order chi connectivity index (χ0) is 15.5. The van der Waals surface area contributed by atoms with Gasteiger partial charge in [0.25, 0.3) is 0 Å². The highest BCUT2D eigenvalue weighted by atomic mass is 16.2. The minimum Gasteiger partial charge on any atom is -0.355 e. The first-order valence-corrected chi connectivity index (χ1v) is 7.87. The molecule has 1 saturated carbocycles. The maximum Gasteiger partial charge on any atom is 0.223 e. The average Bonchev–Trinajstić information content (AvgIpc) is 3.16. The lowest BCUT2D eigenvalue weighted by Crippen LogP contribution is -2.27. The summed E-state index contributed by atoms with van der Waals surface area (Å²) in [6, 6.07) is 8.69. The van der Waals surface area contributed by atoms with Crippen LogP contribution in [0.3, 0.4) is 0 Å². The zero-order valence-corrected chi connectivity index (χ0v) is 13.0. The molecule has 1 aliphatic rings. The highest BCUT2D eigenvalue weighted by Gasteiger charge is 2.43. The molecule has 1 aliphatic carbocycles. The van der Waals surface area contributed by atoms with Crippen LogP contribution in [0.5, 0.6) is 0 Å². The van der Waals surface area contributed by atoms with Gasteiger partial charge in [-0.25, -0.2) is 4.98 Å². The summed E-state index contributed by atoms with van der Waals surface area (Å²) in [5.41, 5.74) is 2.62. The fourth-order valence-corrected chi connectivity index (χ4v) is 2.77. The summed E-state index contributed by atoms with van der Waals surface area (Å²) in [6.45, 7) is 4.98. The molecule has 5 heteroatoms. The summed E-state index contributed by atoms with van der Waals surface area (Å²) in [5.74, 6) is 2.00. The number of benzene rings is 1. The monoisotopic (exact) mass is 298 g/mol. The highest BCUT2D eigenvalue weighted by Crippen LogP contribution is 2.47. The Hall–Kier alpha value is -2.17. The van der Waals surface area contributed by atoms with Crippen LogP contribution in [0.1, 0.15) is 49.1 Å². The predicted octanol–water partition coefficient (Wildman–Crippen LogP) is 2.39. The van der Waals surface area contributed by atoms with Crippen LogP contribution in [0, 0.1) is 5.92 Å². The van der Waals surface area contributed by atoms with E-state index in [0.29, 0.717) is 24.8 Å². The first-order chi connectivity index (χ1) is 10.6. The van der Waals surface area contributed by atoms with Crippen molar-refractivity contribution in [3.8, 4) is 0 Å². The quantitative estimate of drug-likeness (QED) is 0.860. The Morgan fingerprint density at radius 2 is 2.14 bits per heavy atom. The van der Waals surface area contributed by atoms with E-state index in [4.69, 9.17) is 0 Å². The van der Waals surface area contributed by atoms with Crippen LogP contribution < -0.4 is 5.32 Å². The summed E-state index contributed by atoms with van der Waals surface area (Å²) < 4.78 is 0.